The number of hydrogen-bond donors (Lipinski definition) is 1. The van der Waals surface area contributed by atoms with Gasteiger partial charge in [0, 0.05) is 22.7 Å². The molecule has 1 aliphatic heterocycles. The van der Waals surface area contributed by atoms with E-state index in [0.29, 0.717) is 5.02 Å². The van der Waals surface area contributed by atoms with Crippen molar-refractivity contribution >= 4 is 23.0 Å². The summed E-state index contributed by atoms with van der Waals surface area (Å²) in [5.74, 6) is 0.543. The van der Waals surface area contributed by atoms with Gasteiger partial charge in [-0.3, -0.25) is 10.1 Å². The van der Waals surface area contributed by atoms with E-state index in [4.69, 9.17) is 11.6 Å². The van der Waals surface area contributed by atoms with Crippen LogP contribution in [0.4, 0.5) is 11.4 Å². The molecule has 0 radical (unpaired) electrons. The maximum Gasteiger partial charge on any atom is 0.274 e. The van der Waals surface area contributed by atoms with Crippen LogP contribution in [0, 0.1) is 23.0 Å². The summed E-state index contributed by atoms with van der Waals surface area (Å²) in [6.07, 6.45) is 5.31. The minimum absolute atomic E-state index is 0.101. The molecule has 0 saturated heterocycles. The Morgan fingerprint density at radius 1 is 1.21 bits per heavy atom. The third-order valence-electron chi connectivity index (χ3n) is 5.20. The fraction of sp³-hybridized carbons (Fsp3) is 0.263. The van der Waals surface area contributed by atoms with E-state index < -0.39 is 0 Å². The highest BCUT2D eigenvalue weighted by Gasteiger charge is 2.40. The molecular weight excluding hydrogens is 324 g/mol. The van der Waals surface area contributed by atoms with Crippen LogP contribution in [-0.2, 0) is 0 Å². The van der Waals surface area contributed by atoms with Crippen LogP contribution in [0.3, 0.4) is 0 Å². The monoisotopic (exact) mass is 340 g/mol. The number of hydrogen-bond acceptors (Lipinski definition) is 3. The molecule has 1 aliphatic carbocycles. The molecular formula is C19H17ClN2O2. The fourth-order valence-corrected chi connectivity index (χ4v) is 4.17. The number of anilines is 1. The average Bonchev–Trinajstić information content (AvgIpc) is 3.07. The number of nitro benzene ring substituents is 1. The van der Waals surface area contributed by atoms with Crippen LogP contribution in [0.2, 0.25) is 5.02 Å². The van der Waals surface area contributed by atoms with Crippen molar-refractivity contribution in [2.45, 2.75) is 25.3 Å². The maximum atomic E-state index is 11.5. The number of nitrogens with zero attached hydrogens (tertiary/aromatic N) is 1. The number of para-hydroxylation sites is 1. The van der Waals surface area contributed by atoms with Gasteiger partial charge in [-0.2, -0.15) is 0 Å². The van der Waals surface area contributed by atoms with Gasteiger partial charge in [-0.15, -0.1) is 0 Å². The molecule has 1 heterocycles. The molecule has 24 heavy (non-hydrogen) atoms. The summed E-state index contributed by atoms with van der Waals surface area (Å²) in [5, 5.41) is 15.7. The first-order valence-electron chi connectivity index (χ1n) is 8.03. The van der Waals surface area contributed by atoms with Crippen LogP contribution in [0.15, 0.2) is 48.6 Å². The van der Waals surface area contributed by atoms with Gasteiger partial charge in [0.25, 0.3) is 5.69 Å². The first-order chi connectivity index (χ1) is 11.6. The van der Waals surface area contributed by atoms with Crippen LogP contribution in [0.25, 0.3) is 0 Å². The van der Waals surface area contributed by atoms with Gasteiger partial charge in [0.2, 0.25) is 0 Å². The van der Waals surface area contributed by atoms with Crippen molar-refractivity contribution in [3.8, 4) is 0 Å². The number of rotatable bonds is 2. The summed E-state index contributed by atoms with van der Waals surface area (Å²) in [6, 6.07) is 10.9. The van der Waals surface area contributed by atoms with E-state index in [9.17, 15) is 10.1 Å². The van der Waals surface area contributed by atoms with E-state index >= 15 is 0 Å². The molecule has 122 valence electrons. The zero-order valence-corrected chi connectivity index (χ0v) is 14.0. The van der Waals surface area contributed by atoms with Gasteiger partial charge in [-0.25, -0.2) is 0 Å². The summed E-state index contributed by atoms with van der Waals surface area (Å²) >= 11 is 6.30. The average molecular weight is 341 g/mol. The SMILES string of the molecule is Cc1c(Cl)ccc2c1NC(c1ccccc1[N+](=O)[O-])C1CC=CC21. The second-order valence-electron chi connectivity index (χ2n) is 6.43. The summed E-state index contributed by atoms with van der Waals surface area (Å²) in [6.45, 7) is 1.99. The normalized spacial score (nSPS) is 24.2. The largest absolute Gasteiger partial charge is 0.377 e. The smallest absolute Gasteiger partial charge is 0.274 e. The third kappa shape index (κ3) is 2.21. The van der Waals surface area contributed by atoms with Crippen LogP contribution in [0.5, 0.6) is 0 Å². The first kappa shape index (κ1) is 15.2. The lowest BCUT2D eigenvalue weighted by atomic mass is 9.76. The molecule has 0 aromatic heterocycles. The highest BCUT2D eigenvalue weighted by Crippen LogP contribution is 2.52. The Bertz CT molecular complexity index is 862. The molecule has 4 rings (SSSR count). The van der Waals surface area contributed by atoms with Gasteiger partial charge in [0.15, 0.2) is 0 Å². The molecule has 2 aliphatic rings. The quantitative estimate of drug-likeness (QED) is 0.453. The van der Waals surface area contributed by atoms with Crippen LogP contribution >= 0.6 is 11.6 Å². The van der Waals surface area contributed by atoms with Crippen molar-refractivity contribution in [2.24, 2.45) is 5.92 Å². The van der Waals surface area contributed by atoms with Gasteiger partial charge in [0.05, 0.1) is 16.5 Å². The van der Waals surface area contributed by atoms with E-state index in [1.807, 2.05) is 25.1 Å². The summed E-state index contributed by atoms with van der Waals surface area (Å²) in [5.41, 5.74) is 4.15. The maximum absolute atomic E-state index is 11.5. The molecule has 2 aromatic carbocycles. The van der Waals surface area contributed by atoms with E-state index in [0.717, 1.165) is 23.2 Å². The predicted octanol–water partition coefficient (Wildman–Crippen LogP) is 5.38. The van der Waals surface area contributed by atoms with Crippen molar-refractivity contribution in [3.63, 3.8) is 0 Å². The predicted molar refractivity (Wildman–Crippen MR) is 95.6 cm³/mol. The molecule has 0 bridgehead atoms. The number of nitrogens with one attached hydrogen (secondary N) is 1. The Balaban J connectivity index is 1.87. The van der Waals surface area contributed by atoms with Crippen molar-refractivity contribution in [1.29, 1.82) is 0 Å². The standard InChI is InChI=1S/C19H17ClN2O2/c1-11-16(20)10-9-14-12-6-4-7-13(12)19(21-18(11)14)15-5-2-3-8-17(15)22(23)24/h2-6,8-10,12-13,19,21H,7H2,1H3. The number of allylic oxidation sites excluding steroid dienone is 2. The van der Waals surface area contributed by atoms with Gasteiger partial charge < -0.3 is 5.32 Å². The Labute approximate surface area is 145 Å². The topological polar surface area (TPSA) is 55.2 Å². The van der Waals surface area contributed by atoms with Crippen molar-refractivity contribution in [2.75, 3.05) is 5.32 Å². The van der Waals surface area contributed by atoms with Crippen molar-refractivity contribution < 1.29 is 4.92 Å². The molecule has 1 N–H and O–H groups in total. The Morgan fingerprint density at radius 3 is 2.79 bits per heavy atom. The van der Waals surface area contributed by atoms with E-state index in [2.05, 4.69) is 23.5 Å². The zero-order chi connectivity index (χ0) is 16.8. The van der Waals surface area contributed by atoms with Crippen molar-refractivity contribution in [3.05, 3.63) is 80.4 Å². The summed E-state index contributed by atoms with van der Waals surface area (Å²) < 4.78 is 0. The number of nitro groups is 1. The number of benzene rings is 2. The molecule has 0 amide bonds. The Morgan fingerprint density at radius 2 is 2.00 bits per heavy atom. The molecule has 3 atom stereocenters. The van der Waals surface area contributed by atoms with E-state index in [1.54, 1.807) is 12.1 Å². The van der Waals surface area contributed by atoms with E-state index in [1.165, 1.54) is 5.56 Å². The van der Waals surface area contributed by atoms with Crippen molar-refractivity contribution in [1.82, 2.24) is 0 Å². The molecule has 0 fully saturated rings. The number of fused-ring (bicyclic) bond motifs is 3. The van der Waals surface area contributed by atoms with Crippen LogP contribution in [-0.4, -0.2) is 4.92 Å². The minimum Gasteiger partial charge on any atom is -0.377 e. The molecule has 2 aromatic rings. The zero-order valence-electron chi connectivity index (χ0n) is 13.2. The second-order valence-corrected chi connectivity index (χ2v) is 6.84. The lowest BCUT2D eigenvalue weighted by Crippen LogP contribution is -2.30. The highest BCUT2D eigenvalue weighted by atomic mass is 35.5. The van der Waals surface area contributed by atoms with Gasteiger partial charge in [-0.1, -0.05) is 48.0 Å². The van der Waals surface area contributed by atoms with Gasteiger partial charge in [0.1, 0.15) is 0 Å². The van der Waals surface area contributed by atoms with Gasteiger partial charge in [-0.05, 0) is 36.5 Å². The third-order valence-corrected chi connectivity index (χ3v) is 5.61. The highest BCUT2D eigenvalue weighted by molar-refractivity contribution is 6.31. The lowest BCUT2D eigenvalue weighted by molar-refractivity contribution is -0.385. The second kappa shape index (κ2) is 5.64. The molecule has 0 spiro atoms. The molecule has 5 heteroatoms. The summed E-state index contributed by atoms with van der Waals surface area (Å²) in [4.78, 5) is 11.2. The molecule has 3 unspecified atom stereocenters. The first-order valence-corrected chi connectivity index (χ1v) is 8.41. The Kier molecular flexibility index (Phi) is 3.57. The molecule has 4 nitrogen and oxygen atoms in total. The Hall–Kier alpha value is -2.33. The molecule has 0 saturated carbocycles. The minimum atomic E-state index is -0.297. The number of halogens is 1. The fourth-order valence-electron chi connectivity index (χ4n) is 4.01. The lowest BCUT2D eigenvalue weighted by Gasteiger charge is -2.38. The van der Waals surface area contributed by atoms with Crippen LogP contribution in [0.1, 0.15) is 35.1 Å². The van der Waals surface area contributed by atoms with E-state index in [-0.39, 0.29) is 28.5 Å². The van der Waals surface area contributed by atoms with Crippen LogP contribution < -0.4 is 5.32 Å². The van der Waals surface area contributed by atoms with Gasteiger partial charge >= 0.3 is 0 Å². The summed E-state index contributed by atoms with van der Waals surface area (Å²) in [7, 11) is 0.